The maximum Gasteiger partial charge on any atom is 0.269 e. The molecule has 7 heteroatoms. The second kappa shape index (κ2) is 6.70. The molecule has 0 aromatic heterocycles. The Hall–Kier alpha value is -2.54. The predicted molar refractivity (Wildman–Crippen MR) is 91.1 cm³/mol. The SMILES string of the molecule is O=C(CN1CCSc2ccccc21)Nc1ccc([N+](=O)[O-])cc1. The van der Waals surface area contributed by atoms with E-state index in [-0.39, 0.29) is 18.1 Å². The number of hydrogen-bond acceptors (Lipinski definition) is 5. The van der Waals surface area contributed by atoms with Crippen LogP contribution in [0.1, 0.15) is 0 Å². The zero-order chi connectivity index (χ0) is 16.2. The highest BCUT2D eigenvalue weighted by molar-refractivity contribution is 7.99. The second-order valence-electron chi connectivity index (χ2n) is 5.09. The van der Waals surface area contributed by atoms with Crippen LogP contribution in [0.3, 0.4) is 0 Å². The number of fused-ring (bicyclic) bond motifs is 1. The van der Waals surface area contributed by atoms with Crippen molar-refractivity contribution in [2.45, 2.75) is 4.90 Å². The minimum absolute atomic E-state index is 0.00461. The summed E-state index contributed by atoms with van der Waals surface area (Å²) in [6.45, 7) is 1.07. The van der Waals surface area contributed by atoms with E-state index >= 15 is 0 Å². The molecule has 6 nitrogen and oxygen atoms in total. The number of rotatable bonds is 4. The van der Waals surface area contributed by atoms with Crippen molar-refractivity contribution in [2.75, 3.05) is 29.1 Å². The third-order valence-electron chi connectivity index (χ3n) is 3.52. The quantitative estimate of drug-likeness (QED) is 0.689. The van der Waals surface area contributed by atoms with Gasteiger partial charge in [0, 0.05) is 35.0 Å². The average Bonchev–Trinajstić information content (AvgIpc) is 2.55. The minimum atomic E-state index is -0.464. The van der Waals surface area contributed by atoms with Gasteiger partial charge in [-0.15, -0.1) is 11.8 Å². The van der Waals surface area contributed by atoms with Crippen LogP contribution in [0.2, 0.25) is 0 Å². The maximum absolute atomic E-state index is 12.2. The monoisotopic (exact) mass is 329 g/mol. The fourth-order valence-corrected chi connectivity index (χ4v) is 3.48. The van der Waals surface area contributed by atoms with Crippen LogP contribution in [-0.4, -0.2) is 29.7 Å². The van der Waals surface area contributed by atoms with Crippen LogP contribution >= 0.6 is 11.8 Å². The number of amides is 1. The number of carbonyl (C=O) groups excluding carboxylic acids is 1. The molecule has 0 aliphatic carbocycles. The lowest BCUT2D eigenvalue weighted by atomic mass is 10.2. The number of benzene rings is 2. The number of para-hydroxylation sites is 1. The summed E-state index contributed by atoms with van der Waals surface area (Å²) in [5.41, 5.74) is 1.63. The molecule has 0 atom stereocenters. The predicted octanol–water partition coefficient (Wildman–Crippen LogP) is 3.15. The first-order valence-electron chi connectivity index (χ1n) is 7.14. The lowest BCUT2D eigenvalue weighted by molar-refractivity contribution is -0.384. The summed E-state index contributed by atoms with van der Waals surface area (Å²) in [6.07, 6.45) is 0. The first-order valence-corrected chi connectivity index (χ1v) is 8.13. The van der Waals surface area contributed by atoms with Crippen LogP contribution in [0.15, 0.2) is 53.4 Å². The lowest BCUT2D eigenvalue weighted by Crippen LogP contribution is -2.36. The summed E-state index contributed by atoms with van der Waals surface area (Å²) in [4.78, 5) is 25.6. The molecule has 2 aromatic carbocycles. The first kappa shape index (κ1) is 15.4. The average molecular weight is 329 g/mol. The summed E-state index contributed by atoms with van der Waals surface area (Å²) in [6, 6.07) is 13.9. The Kier molecular flexibility index (Phi) is 4.47. The fraction of sp³-hybridized carbons (Fsp3) is 0.188. The molecule has 0 radical (unpaired) electrons. The molecule has 1 heterocycles. The number of carbonyl (C=O) groups is 1. The van der Waals surface area contributed by atoms with Gasteiger partial charge in [0.2, 0.25) is 5.91 Å². The van der Waals surface area contributed by atoms with Crippen molar-refractivity contribution in [3.63, 3.8) is 0 Å². The highest BCUT2D eigenvalue weighted by atomic mass is 32.2. The standard InChI is InChI=1S/C16H15N3O3S/c20-16(17-12-5-7-13(8-6-12)19(21)22)11-18-9-10-23-15-4-2-1-3-14(15)18/h1-8H,9-11H2,(H,17,20). The molecule has 23 heavy (non-hydrogen) atoms. The van der Waals surface area contributed by atoms with Crippen LogP contribution in [0.4, 0.5) is 17.1 Å². The van der Waals surface area contributed by atoms with E-state index in [1.165, 1.54) is 29.2 Å². The highest BCUT2D eigenvalue weighted by Crippen LogP contribution is 2.34. The number of nitrogens with one attached hydrogen (secondary N) is 1. The molecule has 1 aliphatic rings. The van der Waals surface area contributed by atoms with Gasteiger partial charge in [-0.3, -0.25) is 14.9 Å². The van der Waals surface area contributed by atoms with Crippen molar-refractivity contribution >= 4 is 34.7 Å². The fourth-order valence-electron chi connectivity index (χ4n) is 2.43. The maximum atomic E-state index is 12.2. The zero-order valence-electron chi connectivity index (χ0n) is 12.3. The van der Waals surface area contributed by atoms with Crippen molar-refractivity contribution in [2.24, 2.45) is 0 Å². The van der Waals surface area contributed by atoms with Gasteiger partial charge in [0.05, 0.1) is 17.2 Å². The lowest BCUT2D eigenvalue weighted by Gasteiger charge is -2.30. The number of nitro groups is 1. The van der Waals surface area contributed by atoms with E-state index in [4.69, 9.17) is 0 Å². The molecule has 118 valence electrons. The second-order valence-corrected chi connectivity index (χ2v) is 6.23. The van der Waals surface area contributed by atoms with Crippen LogP contribution in [0.25, 0.3) is 0 Å². The number of nitro benzene ring substituents is 1. The summed E-state index contributed by atoms with van der Waals surface area (Å²) in [5.74, 6) is 0.808. The van der Waals surface area contributed by atoms with Crippen LogP contribution < -0.4 is 10.2 Å². The highest BCUT2D eigenvalue weighted by Gasteiger charge is 2.19. The van der Waals surface area contributed by atoms with Gasteiger partial charge in [0.25, 0.3) is 5.69 Å². The van der Waals surface area contributed by atoms with Crippen molar-refractivity contribution < 1.29 is 9.72 Å². The molecule has 1 amide bonds. The van der Waals surface area contributed by atoms with E-state index in [1.807, 2.05) is 23.1 Å². The van der Waals surface area contributed by atoms with Crippen LogP contribution in [-0.2, 0) is 4.79 Å². The van der Waals surface area contributed by atoms with Crippen LogP contribution in [0.5, 0.6) is 0 Å². The Labute approximate surface area is 137 Å². The number of anilines is 2. The summed E-state index contributed by atoms with van der Waals surface area (Å²) in [5, 5.41) is 13.4. The van der Waals surface area contributed by atoms with E-state index in [9.17, 15) is 14.9 Å². The van der Waals surface area contributed by atoms with Gasteiger partial charge < -0.3 is 10.2 Å². The van der Waals surface area contributed by atoms with Gasteiger partial charge in [-0.2, -0.15) is 0 Å². The summed E-state index contributed by atoms with van der Waals surface area (Å²) in [7, 11) is 0. The van der Waals surface area contributed by atoms with Gasteiger partial charge in [0.15, 0.2) is 0 Å². The molecular formula is C16H15N3O3S. The Morgan fingerprint density at radius 1 is 1.22 bits per heavy atom. The van der Waals surface area contributed by atoms with E-state index < -0.39 is 4.92 Å². The van der Waals surface area contributed by atoms with Gasteiger partial charge in [-0.25, -0.2) is 0 Å². The van der Waals surface area contributed by atoms with Gasteiger partial charge in [-0.1, -0.05) is 12.1 Å². The molecule has 3 rings (SSSR count). The zero-order valence-corrected chi connectivity index (χ0v) is 13.1. The number of nitrogens with zero attached hydrogens (tertiary/aromatic N) is 2. The van der Waals surface area contributed by atoms with Crippen molar-refractivity contribution in [3.05, 3.63) is 58.6 Å². The molecule has 1 N–H and O–H groups in total. The molecule has 2 aromatic rings. The Bertz CT molecular complexity index is 734. The number of thioether (sulfide) groups is 1. The third kappa shape index (κ3) is 3.62. The topological polar surface area (TPSA) is 75.5 Å². The Balaban J connectivity index is 1.65. The Morgan fingerprint density at radius 2 is 1.96 bits per heavy atom. The smallest absolute Gasteiger partial charge is 0.269 e. The summed E-state index contributed by atoms with van der Waals surface area (Å²) < 4.78 is 0. The molecule has 0 spiro atoms. The van der Waals surface area contributed by atoms with Crippen LogP contribution in [0, 0.1) is 10.1 Å². The first-order chi connectivity index (χ1) is 11.1. The molecule has 0 fully saturated rings. The molecule has 1 aliphatic heterocycles. The van der Waals surface area contributed by atoms with E-state index in [1.54, 1.807) is 11.8 Å². The molecule has 0 saturated heterocycles. The third-order valence-corrected chi connectivity index (χ3v) is 4.56. The normalized spacial score (nSPS) is 13.3. The Morgan fingerprint density at radius 3 is 2.70 bits per heavy atom. The van der Waals surface area contributed by atoms with E-state index in [0.717, 1.165) is 18.0 Å². The van der Waals surface area contributed by atoms with E-state index in [0.29, 0.717) is 5.69 Å². The van der Waals surface area contributed by atoms with E-state index in [2.05, 4.69) is 11.4 Å². The van der Waals surface area contributed by atoms with Crippen molar-refractivity contribution in [3.8, 4) is 0 Å². The molecular weight excluding hydrogens is 314 g/mol. The number of hydrogen-bond donors (Lipinski definition) is 1. The van der Waals surface area contributed by atoms with Crippen molar-refractivity contribution in [1.29, 1.82) is 0 Å². The van der Waals surface area contributed by atoms with Gasteiger partial charge >= 0.3 is 0 Å². The molecule has 0 unspecified atom stereocenters. The number of non-ortho nitro benzene ring substituents is 1. The largest absolute Gasteiger partial charge is 0.360 e. The van der Waals surface area contributed by atoms with Gasteiger partial charge in [0.1, 0.15) is 0 Å². The van der Waals surface area contributed by atoms with Crippen molar-refractivity contribution in [1.82, 2.24) is 0 Å². The molecule has 0 bridgehead atoms. The minimum Gasteiger partial charge on any atom is -0.360 e. The molecule has 0 saturated carbocycles. The summed E-state index contributed by atoms with van der Waals surface area (Å²) >= 11 is 1.79. The van der Waals surface area contributed by atoms with Gasteiger partial charge in [-0.05, 0) is 24.3 Å².